The molecule has 0 spiro atoms. The second kappa shape index (κ2) is 25.1. The highest BCUT2D eigenvalue weighted by Crippen LogP contribution is 2.38. The number of rotatable bonds is 17. The maximum absolute atomic E-state index is 13.0. The summed E-state index contributed by atoms with van der Waals surface area (Å²) in [5.74, 6) is -0.160. The van der Waals surface area contributed by atoms with E-state index in [1.54, 1.807) is 58.3 Å². The monoisotopic (exact) mass is 1090 g/mol. The molecule has 0 saturated heterocycles. The molecule has 0 aliphatic carbocycles. The van der Waals surface area contributed by atoms with Gasteiger partial charge in [0.1, 0.15) is 0 Å². The number of benzene rings is 3. The molecule has 8 nitrogen and oxygen atoms in total. The molecule has 8 rings (SSSR count). The van der Waals surface area contributed by atoms with Gasteiger partial charge in [-0.05, 0) is 134 Å². The second-order valence-corrected chi connectivity index (χ2v) is 23.1. The Hall–Kier alpha value is -5.24. The molecule has 0 atom stereocenters. The standard InChI is InChI=1S/C31H33Cl2N3OS.C26H25Cl2N3OS2/c1-6-7-8-9-24-15-17-28(38-24)29-20(2)26(35-36(29)27-16-14-23(32)18-25(27)33)19-34-30(37)21-10-12-22(13-11-21)31(3,4)5;1-3-4-5-7-19-10-12-24(34-19)26-17(2)22(16-29-25(32)15-20-8-6-13-33-20)30-31(26)23-11-9-18(27)14-21(23)28/h8-18H,6-7,19H2,1-5H3,(H,34,37);5-14H,3-4,15-16H2,1-2H3,(H,29,32)/b9-8+;7-5+. The third-order valence-electron chi connectivity index (χ3n) is 11.7. The van der Waals surface area contributed by atoms with E-state index < -0.39 is 0 Å². The first-order valence-electron chi connectivity index (χ1n) is 23.8. The Morgan fingerprint density at radius 2 is 1.15 bits per heavy atom. The van der Waals surface area contributed by atoms with E-state index in [2.05, 4.69) is 93.8 Å². The molecule has 0 aliphatic heterocycles. The quantitative estimate of drug-likeness (QED) is 0.0950. The van der Waals surface area contributed by atoms with Crippen LogP contribution in [0.2, 0.25) is 20.1 Å². The average Bonchev–Trinajstić information content (AvgIpc) is 4.21. The number of hydrogen-bond acceptors (Lipinski definition) is 7. The van der Waals surface area contributed by atoms with Crippen LogP contribution in [0.1, 0.15) is 113 Å². The topological polar surface area (TPSA) is 93.8 Å². The predicted molar refractivity (Wildman–Crippen MR) is 307 cm³/mol. The lowest BCUT2D eigenvalue weighted by Gasteiger charge is -2.19. The number of thiophene rings is 3. The summed E-state index contributed by atoms with van der Waals surface area (Å²) in [6.07, 6.45) is 13.4. The number of unbranched alkanes of at least 4 members (excludes halogenated alkanes) is 2. The first-order chi connectivity index (χ1) is 34.5. The van der Waals surface area contributed by atoms with Gasteiger partial charge >= 0.3 is 0 Å². The third-order valence-corrected chi connectivity index (χ3v) is 15.8. The van der Waals surface area contributed by atoms with Crippen molar-refractivity contribution in [2.75, 3.05) is 0 Å². The molecular formula is C57H58Cl4N6O2S3. The van der Waals surface area contributed by atoms with Gasteiger partial charge < -0.3 is 10.6 Å². The number of carbonyl (C=O) groups is 2. The molecule has 72 heavy (non-hydrogen) atoms. The second-order valence-electron chi connectivity index (χ2n) is 18.2. The summed E-state index contributed by atoms with van der Waals surface area (Å²) in [4.78, 5) is 31.0. The van der Waals surface area contributed by atoms with Gasteiger partial charge in [0.15, 0.2) is 0 Å². The molecule has 0 saturated carbocycles. The van der Waals surface area contributed by atoms with Crippen molar-refractivity contribution in [3.63, 3.8) is 0 Å². The van der Waals surface area contributed by atoms with Gasteiger partial charge in [-0.25, -0.2) is 9.36 Å². The van der Waals surface area contributed by atoms with Crippen molar-refractivity contribution in [1.82, 2.24) is 30.2 Å². The van der Waals surface area contributed by atoms with E-state index >= 15 is 0 Å². The molecule has 2 N–H and O–H groups in total. The van der Waals surface area contributed by atoms with E-state index in [1.807, 2.05) is 77.1 Å². The lowest BCUT2D eigenvalue weighted by Crippen LogP contribution is -2.24. The van der Waals surface area contributed by atoms with Crippen molar-refractivity contribution in [2.24, 2.45) is 0 Å². The van der Waals surface area contributed by atoms with Crippen molar-refractivity contribution in [3.8, 4) is 32.5 Å². The molecule has 3 aromatic carbocycles. The minimum atomic E-state index is -0.134. The molecule has 0 unspecified atom stereocenters. The van der Waals surface area contributed by atoms with Gasteiger partial charge in [0, 0.05) is 41.4 Å². The Kier molecular flexibility index (Phi) is 19.0. The molecule has 0 radical (unpaired) electrons. The molecule has 0 bridgehead atoms. The largest absolute Gasteiger partial charge is 0.350 e. The summed E-state index contributed by atoms with van der Waals surface area (Å²) in [6.45, 7) is 15.5. The number of aromatic nitrogens is 4. The van der Waals surface area contributed by atoms with Gasteiger partial charge in [0.05, 0.1) is 73.5 Å². The van der Waals surface area contributed by atoms with Crippen LogP contribution in [-0.2, 0) is 29.7 Å². The van der Waals surface area contributed by atoms with Gasteiger partial charge in [-0.3, -0.25) is 9.59 Å². The highest BCUT2D eigenvalue weighted by atomic mass is 35.5. The van der Waals surface area contributed by atoms with E-state index in [0.717, 1.165) is 85.6 Å². The zero-order valence-electron chi connectivity index (χ0n) is 41.4. The van der Waals surface area contributed by atoms with Crippen LogP contribution in [0.3, 0.4) is 0 Å². The van der Waals surface area contributed by atoms with Crippen molar-refractivity contribution in [1.29, 1.82) is 0 Å². The van der Waals surface area contributed by atoms with E-state index in [0.29, 0.717) is 45.2 Å². The lowest BCUT2D eigenvalue weighted by atomic mass is 9.87. The molecule has 8 aromatic rings. The van der Waals surface area contributed by atoms with Gasteiger partial charge in [-0.2, -0.15) is 10.2 Å². The maximum Gasteiger partial charge on any atom is 0.251 e. The third kappa shape index (κ3) is 13.9. The predicted octanol–water partition coefficient (Wildman–Crippen LogP) is 17.2. The van der Waals surface area contributed by atoms with Crippen molar-refractivity contribution in [3.05, 3.63) is 183 Å². The summed E-state index contributed by atoms with van der Waals surface area (Å²) in [6, 6.07) is 30.9. The van der Waals surface area contributed by atoms with Gasteiger partial charge in [-0.15, -0.1) is 34.0 Å². The van der Waals surface area contributed by atoms with Crippen LogP contribution in [0.5, 0.6) is 0 Å². The first-order valence-corrected chi connectivity index (χ1v) is 27.9. The number of nitrogens with one attached hydrogen (secondary N) is 2. The van der Waals surface area contributed by atoms with Crippen molar-refractivity contribution in [2.45, 2.75) is 99.1 Å². The van der Waals surface area contributed by atoms with Crippen LogP contribution >= 0.6 is 80.4 Å². The van der Waals surface area contributed by atoms with Crippen LogP contribution in [0.15, 0.2) is 115 Å². The van der Waals surface area contributed by atoms with E-state index in [4.69, 9.17) is 56.6 Å². The number of halogens is 4. The van der Waals surface area contributed by atoms with Crippen LogP contribution < -0.4 is 10.6 Å². The summed E-state index contributed by atoms with van der Waals surface area (Å²) < 4.78 is 3.72. The number of allylic oxidation sites excluding steroid dienone is 2. The molecule has 5 heterocycles. The molecule has 15 heteroatoms. The Labute approximate surface area is 455 Å². The van der Waals surface area contributed by atoms with E-state index in [9.17, 15) is 9.59 Å². The Morgan fingerprint density at radius 3 is 1.60 bits per heavy atom. The Morgan fingerprint density at radius 1 is 0.653 bits per heavy atom. The van der Waals surface area contributed by atoms with Crippen LogP contribution in [0.4, 0.5) is 0 Å². The van der Waals surface area contributed by atoms with Gasteiger partial charge in [-0.1, -0.05) is 124 Å². The van der Waals surface area contributed by atoms with E-state index in [1.165, 1.54) is 15.3 Å². The number of amides is 2. The normalized spacial score (nSPS) is 11.7. The smallest absolute Gasteiger partial charge is 0.251 e. The average molecular weight is 1100 g/mol. The van der Waals surface area contributed by atoms with Crippen LogP contribution in [0.25, 0.3) is 44.7 Å². The fourth-order valence-corrected chi connectivity index (χ4v) is 11.5. The molecule has 5 aromatic heterocycles. The Bertz CT molecular complexity index is 3190. The summed E-state index contributed by atoms with van der Waals surface area (Å²) in [7, 11) is 0. The molecule has 2 amide bonds. The summed E-state index contributed by atoms with van der Waals surface area (Å²) >= 11 is 30.5. The van der Waals surface area contributed by atoms with E-state index in [-0.39, 0.29) is 17.2 Å². The molecule has 0 aliphatic rings. The minimum Gasteiger partial charge on any atom is -0.350 e. The number of nitrogens with zero attached hydrogens (tertiary/aromatic N) is 4. The molecule has 374 valence electrons. The highest BCUT2D eigenvalue weighted by Gasteiger charge is 2.23. The number of carbonyl (C=O) groups excluding carboxylic acids is 2. The summed E-state index contributed by atoms with van der Waals surface area (Å²) in [5, 5.41) is 20.0. The van der Waals surface area contributed by atoms with Gasteiger partial charge in [0.25, 0.3) is 5.91 Å². The SMILES string of the molecule is CCC/C=C/c1ccc(-c2c(C)c(CNC(=O)Cc3cccs3)nn2-c2ccc(Cl)cc2Cl)s1.CCC/C=C/c1ccc(-c2c(C)c(CNC(=O)c3ccc(C(C)(C)C)cc3)nn2-c2ccc(Cl)cc2Cl)s1. The van der Waals surface area contributed by atoms with Crippen molar-refractivity contribution < 1.29 is 9.59 Å². The van der Waals surface area contributed by atoms with Gasteiger partial charge in [0.2, 0.25) is 5.91 Å². The Balaban J connectivity index is 0.000000213. The van der Waals surface area contributed by atoms with Crippen molar-refractivity contribution >= 4 is 104 Å². The summed E-state index contributed by atoms with van der Waals surface area (Å²) in [5.41, 5.74) is 8.83. The fourth-order valence-electron chi connectivity index (χ4n) is 7.73. The zero-order chi connectivity index (χ0) is 51.5. The van der Waals surface area contributed by atoms with Crippen LogP contribution in [-0.4, -0.2) is 31.4 Å². The zero-order valence-corrected chi connectivity index (χ0v) is 46.9. The number of hydrogen-bond donors (Lipinski definition) is 2. The minimum absolute atomic E-state index is 0.0260. The first kappa shape index (κ1) is 54.5. The highest BCUT2D eigenvalue weighted by molar-refractivity contribution is 7.16. The molecular weight excluding hydrogens is 1040 g/mol. The molecule has 0 fully saturated rings. The fraction of sp³-hybridized carbons (Fsp3) is 0.263. The lowest BCUT2D eigenvalue weighted by molar-refractivity contribution is -0.120. The van der Waals surface area contributed by atoms with Crippen LogP contribution in [0, 0.1) is 13.8 Å². The maximum atomic E-state index is 13.0.